The summed E-state index contributed by atoms with van der Waals surface area (Å²) in [5.74, 6) is 0.476. The molecule has 0 saturated heterocycles. The second kappa shape index (κ2) is 8.57. The van der Waals surface area contributed by atoms with Gasteiger partial charge in [-0.25, -0.2) is 4.98 Å². The van der Waals surface area contributed by atoms with Crippen LogP contribution in [0.5, 0.6) is 0 Å². The molecule has 2 N–H and O–H groups in total. The van der Waals surface area contributed by atoms with Crippen molar-refractivity contribution in [3.63, 3.8) is 0 Å². The molecule has 4 aromatic rings. The molecule has 0 fully saturated rings. The zero-order chi connectivity index (χ0) is 20.9. The van der Waals surface area contributed by atoms with E-state index in [2.05, 4.69) is 20.6 Å². The first-order valence-corrected chi connectivity index (χ1v) is 9.63. The molecule has 7 nitrogen and oxygen atoms in total. The van der Waals surface area contributed by atoms with Gasteiger partial charge in [-0.2, -0.15) is 0 Å². The number of amides is 2. The summed E-state index contributed by atoms with van der Waals surface area (Å²) in [6.45, 7) is 2.22. The van der Waals surface area contributed by atoms with Crippen molar-refractivity contribution in [2.24, 2.45) is 0 Å². The summed E-state index contributed by atoms with van der Waals surface area (Å²) in [7, 11) is 0. The first-order valence-electron chi connectivity index (χ1n) is 9.63. The number of aromatic nitrogens is 3. The standard InChI is InChI=1S/C23H21N5O2/c1-16(29)24-11-12-25-23(30)19-9-7-18(8-10-19)22-27-14-20-13-26-21(15-28(20)22)17-5-3-2-4-6-17/h2-10,13-15H,11-12H2,1H3,(H,24,29)(H,25,30). The van der Waals surface area contributed by atoms with Crippen molar-refractivity contribution in [2.45, 2.75) is 6.92 Å². The number of fused-ring (bicyclic) bond motifs is 1. The number of imidazole rings is 1. The SMILES string of the molecule is CC(=O)NCCNC(=O)c1ccc(-c2ncc3cnc(-c4ccccc4)cn23)cc1. The van der Waals surface area contributed by atoms with E-state index in [1.165, 1.54) is 6.92 Å². The van der Waals surface area contributed by atoms with Gasteiger partial charge in [0.05, 0.1) is 23.6 Å². The molecule has 7 heteroatoms. The Bertz CT molecular complexity index is 1180. The lowest BCUT2D eigenvalue weighted by atomic mass is 10.1. The van der Waals surface area contributed by atoms with E-state index in [4.69, 9.17) is 0 Å². The van der Waals surface area contributed by atoms with Crippen molar-refractivity contribution in [1.29, 1.82) is 0 Å². The van der Waals surface area contributed by atoms with Gasteiger partial charge in [0.2, 0.25) is 5.91 Å². The summed E-state index contributed by atoms with van der Waals surface area (Å²) >= 11 is 0. The van der Waals surface area contributed by atoms with Gasteiger partial charge in [-0.15, -0.1) is 0 Å². The van der Waals surface area contributed by atoms with Crippen LogP contribution < -0.4 is 10.6 Å². The van der Waals surface area contributed by atoms with Crippen LogP contribution in [0.1, 0.15) is 17.3 Å². The van der Waals surface area contributed by atoms with E-state index in [1.807, 2.05) is 53.1 Å². The number of nitrogens with one attached hydrogen (secondary N) is 2. The van der Waals surface area contributed by atoms with Crippen molar-refractivity contribution in [3.8, 4) is 22.6 Å². The zero-order valence-electron chi connectivity index (χ0n) is 16.5. The fourth-order valence-corrected chi connectivity index (χ4v) is 3.16. The Kier molecular flexibility index (Phi) is 5.52. The third kappa shape index (κ3) is 4.20. The molecule has 0 radical (unpaired) electrons. The van der Waals surface area contributed by atoms with Crippen molar-refractivity contribution < 1.29 is 9.59 Å². The molecule has 4 rings (SSSR count). The van der Waals surface area contributed by atoms with Gasteiger partial charge in [0.1, 0.15) is 5.82 Å². The number of hydrogen-bond acceptors (Lipinski definition) is 4. The molecule has 0 bridgehead atoms. The number of carbonyl (C=O) groups is 2. The molecule has 0 spiro atoms. The van der Waals surface area contributed by atoms with Crippen LogP contribution >= 0.6 is 0 Å². The van der Waals surface area contributed by atoms with E-state index in [1.54, 1.807) is 24.5 Å². The van der Waals surface area contributed by atoms with Gasteiger partial charge in [-0.3, -0.25) is 19.0 Å². The normalized spacial score (nSPS) is 10.7. The summed E-state index contributed by atoms with van der Waals surface area (Å²) in [5.41, 5.74) is 4.23. The van der Waals surface area contributed by atoms with E-state index < -0.39 is 0 Å². The predicted molar refractivity (Wildman–Crippen MR) is 115 cm³/mol. The van der Waals surface area contributed by atoms with Gasteiger partial charge < -0.3 is 10.6 Å². The van der Waals surface area contributed by atoms with Crippen molar-refractivity contribution >= 4 is 17.3 Å². The third-order valence-electron chi connectivity index (χ3n) is 4.67. The fourth-order valence-electron chi connectivity index (χ4n) is 3.16. The minimum absolute atomic E-state index is 0.119. The highest BCUT2D eigenvalue weighted by atomic mass is 16.2. The summed E-state index contributed by atoms with van der Waals surface area (Å²) in [6.07, 6.45) is 5.55. The lowest BCUT2D eigenvalue weighted by Gasteiger charge is -2.07. The lowest BCUT2D eigenvalue weighted by Crippen LogP contribution is -2.33. The van der Waals surface area contributed by atoms with Gasteiger partial charge in [0, 0.05) is 42.9 Å². The number of benzene rings is 2. The van der Waals surface area contributed by atoms with Crippen LogP contribution in [0.3, 0.4) is 0 Å². The molecule has 2 aromatic carbocycles. The summed E-state index contributed by atoms with van der Waals surface area (Å²) in [5, 5.41) is 5.42. The maximum Gasteiger partial charge on any atom is 0.251 e. The Morgan fingerprint density at radius 3 is 2.30 bits per heavy atom. The van der Waals surface area contributed by atoms with Crippen LogP contribution in [0.15, 0.2) is 73.2 Å². The molecule has 0 unspecified atom stereocenters. The Morgan fingerprint density at radius 2 is 1.57 bits per heavy atom. The summed E-state index contributed by atoms with van der Waals surface area (Å²) in [6, 6.07) is 17.3. The quantitative estimate of drug-likeness (QED) is 0.488. The van der Waals surface area contributed by atoms with Crippen LogP contribution in [-0.4, -0.2) is 39.3 Å². The third-order valence-corrected chi connectivity index (χ3v) is 4.67. The molecule has 2 heterocycles. The molecular formula is C23H21N5O2. The first kappa shape index (κ1) is 19.3. The molecule has 2 aromatic heterocycles. The maximum absolute atomic E-state index is 12.2. The molecule has 0 atom stereocenters. The first-order chi connectivity index (χ1) is 14.6. The second-order valence-electron chi connectivity index (χ2n) is 6.83. The van der Waals surface area contributed by atoms with Gasteiger partial charge >= 0.3 is 0 Å². The number of nitrogens with zero attached hydrogens (tertiary/aromatic N) is 3. The lowest BCUT2D eigenvalue weighted by molar-refractivity contribution is -0.118. The smallest absolute Gasteiger partial charge is 0.251 e. The molecule has 0 aliphatic heterocycles. The van der Waals surface area contributed by atoms with E-state index >= 15 is 0 Å². The molecular weight excluding hydrogens is 378 g/mol. The van der Waals surface area contributed by atoms with E-state index in [0.717, 1.165) is 28.2 Å². The van der Waals surface area contributed by atoms with Gasteiger partial charge in [0.25, 0.3) is 5.91 Å². The molecule has 2 amide bonds. The highest BCUT2D eigenvalue weighted by Crippen LogP contribution is 2.23. The predicted octanol–water partition coefficient (Wildman–Crippen LogP) is 2.93. The number of carbonyl (C=O) groups excluding carboxylic acids is 2. The fraction of sp³-hybridized carbons (Fsp3) is 0.130. The molecule has 150 valence electrons. The largest absolute Gasteiger partial charge is 0.355 e. The molecule has 0 aliphatic rings. The van der Waals surface area contributed by atoms with E-state index in [9.17, 15) is 9.59 Å². The molecule has 0 aliphatic carbocycles. The average Bonchev–Trinajstić information content (AvgIpc) is 3.20. The maximum atomic E-state index is 12.2. The zero-order valence-corrected chi connectivity index (χ0v) is 16.5. The van der Waals surface area contributed by atoms with Crippen molar-refractivity contribution in [3.05, 3.63) is 78.8 Å². The van der Waals surface area contributed by atoms with E-state index in [0.29, 0.717) is 18.7 Å². The van der Waals surface area contributed by atoms with Gasteiger partial charge in [0.15, 0.2) is 0 Å². The molecule has 30 heavy (non-hydrogen) atoms. The number of rotatable bonds is 6. The second-order valence-corrected chi connectivity index (χ2v) is 6.83. The number of hydrogen-bond donors (Lipinski definition) is 2. The Labute approximate surface area is 173 Å². The van der Waals surface area contributed by atoms with Crippen LogP contribution in [-0.2, 0) is 4.79 Å². The van der Waals surface area contributed by atoms with Crippen LogP contribution in [0.2, 0.25) is 0 Å². The topological polar surface area (TPSA) is 88.4 Å². The monoisotopic (exact) mass is 399 g/mol. The van der Waals surface area contributed by atoms with Gasteiger partial charge in [-0.05, 0) is 12.1 Å². The minimum atomic E-state index is -0.185. The highest BCUT2D eigenvalue weighted by molar-refractivity contribution is 5.94. The summed E-state index contributed by atoms with van der Waals surface area (Å²) in [4.78, 5) is 32.2. The Balaban J connectivity index is 1.54. The Morgan fingerprint density at radius 1 is 0.867 bits per heavy atom. The van der Waals surface area contributed by atoms with Crippen molar-refractivity contribution in [2.75, 3.05) is 13.1 Å². The van der Waals surface area contributed by atoms with E-state index in [-0.39, 0.29) is 11.8 Å². The highest BCUT2D eigenvalue weighted by Gasteiger charge is 2.10. The average molecular weight is 399 g/mol. The van der Waals surface area contributed by atoms with Gasteiger partial charge in [-0.1, -0.05) is 42.5 Å². The van der Waals surface area contributed by atoms with Crippen molar-refractivity contribution in [1.82, 2.24) is 25.0 Å². The summed E-state index contributed by atoms with van der Waals surface area (Å²) < 4.78 is 2.00. The van der Waals surface area contributed by atoms with Crippen LogP contribution in [0.4, 0.5) is 0 Å². The molecule has 0 saturated carbocycles. The van der Waals surface area contributed by atoms with Crippen LogP contribution in [0, 0.1) is 0 Å². The minimum Gasteiger partial charge on any atom is -0.355 e. The Hall–Kier alpha value is -4.00. The van der Waals surface area contributed by atoms with Crippen LogP contribution in [0.25, 0.3) is 28.2 Å².